The summed E-state index contributed by atoms with van der Waals surface area (Å²) in [4.78, 5) is 22.8. The summed E-state index contributed by atoms with van der Waals surface area (Å²) in [5.74, 6) is 0.0476. The molecule has 130 valence electrons. The normalized spacial score (nSPS) is 10.5. The van der Waals surface area contributed by atoms with Crippen LogP contribution in [0.3, 0.4) is 0 Å². The highest BCUT2D eigenvalue weighted by molar-refractivity contribution is 5.92. The van der Waals surface area contributed by atoms with Crippen LogP contribution in [0, 0.1) is 0 Å². The molecule has 0 saturated carbocycles. The Balaban J connectivity index is 1.97. The van der Waals surface area contributed by atoms with Gasteiger partial charge in [0.15, 0.2) is 0 Å². The van der Waals surface area contributed by atoms with Crippen LogP contribution in [0.2, 0.25) is 0 Å². The first-order valence-corrected chi connectivity index (χ1v) is 7.53. The van der Waals surface area contributed by atoms with Gasteiger partial charge in [-0.15, -0.1) is 0 Å². The molecule has 0 saturated heterocycles. The third-order valence-corrected chi connectivity index (χ3v) is 3.52. The predicted molar refractivity (Wildman–Crippen MR) is 93.8 cm³/mol. The van der Waals surface area contributed by atoms with Crippen molar-refractivity contribution in [3.63, 3.8) is 0 Å². The minimum absolute atomic E-state index is 0.208. The molecule has 0 heterocycles. The highest BCUT2D eigenvalue weighted by Crippen LogP contribution is 2.24. The second-order valence-electron chi connectivity index (χ2n) is 5.16. The summed E-state index contributed by atoms with van der Waals surface area (Å²) in [6.45, 7) is 0.304. The Labute approximate surface area is 145 Å². The second kappa shape index (κ2) is 8.54. The number of carbonyl (C=O) groups is 2. The Kier molecular flexibility index (Phi) is 6.17. The zero-order chi connectivity index (χ0) is 18.2. The van der Waals surface area contributed by atoms with E-state index in [1.807, 2.05) is 0 Å². The van der Waals surface area contributed by atoms with E-state index in [0.29, 0.717) is 18.0 Å². The SMILES string of the molecule is COc1ccc(OC)c(/C=C/C(=O)NCc2ccc(C(=O)O)cc2)c1. The van der Waals surface area contributed by atoms with Crippen molar-refractivity contribution in [3.8, 4) is 11.5 Å². The number of nitrogens with one attached hydrogen (secondary N) is 1. The molecule has 0 aliphatic rings. The monoisotopic (exact) mass is 341 g/mol. The Hall–Kier alpha value is -3.28. The first-order valence-electron chi connectivity index (χ1n) is 7.53. The van der Waals surface area contributed by atoms with Gasteiger partial charge in [-0.1, -0.05) is 12.1 Å². The molecule has 0 aliphatic heterocycles. The smallest absolute Gasteiger partial charge is 0.335 e. The van der Waals surface area contributed by atoms with Gasteiger partial charge in [0.25, 0.3) is 0 Å². The van der Waals surface area contributed by atoms with Gasteiger partial charge in [-0.3, -0.25) is 4.79 Å². The van der Waals surface area contributed by atoms with E-state index < -0.39 is 5.97 Å². The number of carboxylic acid groups (broad SMARTS) is 1. The number of aromatic carboxylic acids is 1. The maximum atomic E-state index is 12.0. The average molecular weight is 341 g/mol. The van der Waals surface area contributed by atoms with Crippen molar-refractivity contribution in [1.82, 2.24) is 5.32 Å². The lowest BCUT2D eigenvalue weighted by molar-refractivity contribution is -0.116. The molecule has 1 amide bonds. The van der Waals surface area contributed by atoms with Gasteiger partial charge in [0.2, 0.25) is 5.91 Å². The van der Waals surface area contributed by atoms with Gasteiger partial charge in [0.05, 0.1) is 19.8 Å². The standard InChI is InChI=1S/C19H19NO5/c1-24-16-8-9-17(25-2)15(11-16)7-10-18(21)20-12-13-3-5-14(6-4-13)19(22)23/h3-11H,12H2,1-2H3,(H,20,21)(H,22,23)/b10-7+. The van der Waals surface area contributed by atoms with E-state index in [2.05, 4.69) is 5.32 Å². The lowest BCUT2D eigenvalue weighted by atomic mass is 10.1. The third-order valence-electron chi connectivity index (χ3n) is 3.52. The minimum Gasteiger partial charge on any atom is -0.497 e. The van der Waals surface area contributed by atoms with Gasteiger partial charge >= 0.3 is 5.97 Å². The maximum absolute atomic E-state index is 12.0. The molecule has 0 spiro atoms. The Morgan fingerprint density at radius 2 is 1.80 bits per heavy atom. The van der Waals surface area contributed by atoms with Gasteiger partial charge in [-0.05, 0) is 42.0 Å². The van der Waals surface area contributed by atoms with Crippen LogP contribution in [0.5, 0.6) is 11.5 Å². The van der Waals surface area contributed by atoms with Crippen LogP contribution in [0.15, 0.2) is 48.5 Å². The fourth-order valence-corrected chi connectivity index (χ4v) is 2.15. The number of ether oxygens (including phenoxy) is 2. The van der Waals surface area contributed by atoms with Crippen molar-refractivity contribution in [3.05, 3.63) is 65.2 Å². The van der Waals surface area contributed by atoms with Crippen molar-refractivity contribution >= 4 is 18.0 Å². The molecule has 2 rings (SSSR count). The van der Waals surface area contributed by atoms with Crippen LogP contribution < -0.4 is 14.8 Å². The Morgan fingerprint density at radius 3 is 2.40 bits per heavy atom. The van der Waals surface area contributed by atoms with E-state index in [-0.39, 0.29) is 11.5 Å². The summed E-state index contributed by atoms with van der Waals surface area (Å²) in [6.07, 6.45) is 3.05. The first kappa shape index (κ1) is 18.1. The highest BCUT2D eigenvalue weighted by atomic mass is 16.5. The summed E-state index contributed by atoms with van der Waals surface area (Å²) < 4.78 is 10.4. The van der Waals surface area contributed by atoms with Crippen LogP contribution in [0.4, 0.5) is 0 Å². The Bertz CT molecular complexity index is 781. The van der Waals surface area contributed by atoms with Crippen molar-refractivity contribution in [1.29, 1.82) is 0 Å². The van der Waals surface area contributed by atoms with Crippen LogP contribution >= 0.6 is 0 Å². The fraction of sp³-hybridized carbons (Fsp3) is 0.158. The molecule has 0 bridgehead atoms. The van der Waals surface area contributed by atoms with Gasteiger partial charge in [0, 0.05) is 18.2 Å². The molecular weight excluding hydrogens is 322 g/mol. The van der Waals surface area contributed by atoms with Crippen molar-refractivity contribution in [2.24, 2.45) is 0 Å². The molecule has 25 heavy (non-hydrogen) atoms. The van der Waals surface area contributed by atoms with Gasteiger partial charge in [0.1, 0.15) is 11.5 Å². The predicted octanol–water partition coefficient (Wildman–Crippen LogP) is 2.73. The van der Waals surface area contributed by atoms with E-state index in [4.69, 9.17) is 14.6 Å². The van der Waals surface area contributed by atoms with Crippen molar-refractivity contribution in [2.75, 3.05) is 14.2 Å². The zero-order valence-corrected chi connectivity index (χ0v) is 14.0. The first-order chi connectivity index (χ1) is 12.0. The molecule has 6 heteroatoms. The molecule has 2 aromatic carbocycles. The van der Waals surface area contributed by atoms with Gasteiger partial charge in [-0.25, -0.2) is 4.79 Å². The average Bonchev–Trinajstić information content (AvgIpc) is 2.64. The Morgan fingerprint density at radius 1 is 1.08 bits per heavy atom. The molecule has 0 unspecified atom stereocenters. The number of carbonyl (C=O) groups excluding carboxylic acids is 1. The molecule has 0 aliphatic carbocycles. The van der Waals surface area contributed by atoms with E-state index in [1.165, 1.54) is 18.2 Å². The molecule has 0 atom stereocenters. The number of methoxy groups -OCH3 is 2. The van der Waals surface area contributed by atoms with Crippen LogP contribution in [-0.2, 0) is 11.3 Å². The van der Waals surface area contributed by atoms with E-state index >= 15 is 0 Å². The lowest BCUT2D eigenvalue weighted by Gasteiger charge is -2.07. The maximum Gasteiger partial charge on any atom is 0.335 e. The van der Waals surface area contributed by atoms with Gasteiger partial charge < -0.3 is 19.9 Å². The lowest BCUT2D eigenvalue weighted by Crippen LogP contribution is -2.20. The van der Waals surface area contributed by atoms with Crippen molar-refractivity contribution < 1.29 is 24.2 Å². The number of hydrogen-bond donors (Lipinski definition) is 2. The van der Waals surface area contributed by atoms with Crippen LogP contribution in [-0.4, -0.2) is 31.2 Å². The summed E-state index contributed by atoms with van der Waals surface area (Å²) in [5, 5.41) is 11.6. The van der Waals surface area contributed by atoms with Crippen LogP contribution in [0.25, 0.3) is 6.08 Å². The van der Waals surface area contributed by atoms with Crippen LogP contribution in [0.1, 0.15) is 21.5 Å². The number of rotatable bonds is 7. The molecule has 6 nitrogen and oxygen atoms in total. The van der Waals surface area contributed by atoms with Gasteiger partial charge in [-0.2, -0.15) is 0 Å². The number of carboxylic acids is 1. The highest BCUT2D eigenvalue weighted by Gasteiger charge is 2.04. The number of hydrogen-bond acceptors (Lipinski definition) is 4. The molecule has 2 N–H and O–H groups in total. The summed E-state index contributed by atoms with van der Waals surface area (Å²) in [7, 11) is 3.12. The zero-order valence-electron chi connectivity index (χ0n) is 14.0. The largest absolute Gasteiger partial charge is 0.497 e. The van der Waals surface area contributed by atoms with E-state index in [9.17, 15) is 9.59 Å². The molecule has 0 radical (unpaired) electrons. The topological polar surface area (TPSA) is 84.9 Å². The summed E-state index contributed by atoms with van der Waals surface area (Å²) >= 11 is 0. The van der Waals surface area contributed by atoms with E-state index in [0.717, 1.165) is 11.1 Å². The number of benzene rings is 2. The molecule has 0 aromatic heterocycles. The second-order valence-corrected chi connectivity index (χ2v) is 5.16. The fourth-order valence-electron chi connectivity index (χ4n) is 2.15. The number of amides is 1. The summed E-state index contributed by atoms with van der Waals surface area (Å²) in [5.41, 5.74) is 1.74. The molecule has 2 aromatic rings. The quantitative estimate of drug-likeness (QED) is 0.757. The third kappa shape index (κ3) is 5.10. The minimum atomic E-state index is -0.981. The van der Waals surface area contributed by atoms with E-state index in [1.54, 1.807) is 50.6 Å². The summed E-state index contributed by atoms with van der Waals surface area (Å²) in [6, 6.07) is 11.6. The van der Waals surface area contributed by atoms with Crippen molar-refractivity contribution in [2.45, 2.75) is 6.54 Å². The molecule has 0 fully saturated rings. The molecular formula is C19H19NO5.